The molecule has 108 valence electrons. The van der Waals surface area contributed by atoms with Crippen LogP contribution in [0.4, 0.5) is 0 Å². The molecule has 6 heteroatoms. The molecule has 0 unspecified atom stereocenters. The number of hydrogen-bond donors (Lipinski definition) is 1. The van der Waals surface area contributed by atoms with E-state index in [1.807, 2.05) is 0 Å². The molecule has 0 spiro atoms. The van der Waals surface area contributed by atoms with Crippen LogP contribution in [0.5, 0.6) is 5.75 Å². The Balaban J connectivity index is 1.85. The predicted molar refractivity (Wildman–Crippen MR) is 95.8 cm³/mol. The van der Waals surface area contributed by atoms with Gasteiger partial charge < -0.3 is 10.1 Å². The zero-order valence-corrected chi connectivity index (χ0v) is 16.5. The van der Waals surface area contributed by atoms with Gasteiger partial charge in [0.15, 0.2) is 0 Å². The summed E-state index contributed by atoms with van der Waals surface area (Å²) in [4.78, 5) is 1.39. The van der Waals surface area contributed by atoms with Crippen molar-refractivity contribution in [1.29, 1.82) is 0 Å². The molecule has 0 saturated carbocycles. The molecule has 0 aliphatic carbocycles. The van der Waals surface area contributed by atoms with Crippen molar-refractivity contribution in [2.24, 2.45) is 0 Å². The molecular weight excluding hydrogens is 470 g/mol. The van der Waals surface area contributed by atoms with Crippen LogP contribution >= 0.6 is 59.1 Å². The standard InChI is InChI=1S/C14H14Br3NOS/c1-19-14-11(15)6-9(7-12(14)16)8-18-5-4-10-2-3-13(17)20-10/h2-3,6-7,18H,4-5,8H2,1H3. The summed E-state index contributed by atoms with van der Waals surface area (Å²) >= 11 is 12.3. The molecule has 0 bridgehead atoms. The van der Waals surface area contributed by atoms with Crippen molar-refractivity contribution in [2.75, 3.05) is 13.7 Å². The average Bonchev–Trinajstić information content (AvgIpc) is 2.80. The second kappa shape index (κ2) is 7.94. The number of ether oxygens (including phenoxy) is 1. The molecule has 0 radical (unpaired) electrons. The molecule has 2 rings (SSSR count). The van der Waals surface area contributed by atoms with E-state index in [4.69, 9.17) is 4.74 Å². The van der Waals surface area contributed by atoms with Gasteiger partial charge in [0.2, 0.25) is 0 Å². The Kier molecular flexibility index (Phi) is 6.55. The van der Waals surface area contributed by atoms with Crippen LogP contribution in [-0.2, 0) is 13.0 Å². The van der Waals surface area contributed by atoms with Crippen molar-refractivity contribution in [3.05, 3.63) is 47.4 Å². The highest BCUT2D eigenvalue weighted by Crippen LogP contribution is 2.34. The summed E-state index contributed by atoms with van der Waals surface area (Å²) in [6.45, 7) is 1.81. The summed E-state index contributed by atoms with van der Waals surface area (Å²) in [6, 6.07) is 8.42. The molecule has 2 nitrogen and oxygen atoms in total. The second-order valence-electron chi connectivity index (χ2n) is 4.23. The van der Waals surface area contributed by atoms with Gasteiger partial charge in [-0.2, -0.15) is 0 Å². The van der Waals surface area contributed by atoms with E-state index < -0.39 is 0 Å². The van der Waals surface area contributed by atoms with E-state index >= 15 is 0 Å². The lowest BCUT2D eigenvalue weighted by Gasteiger charge is -2.10. The van der Waals surface area contributed by atoms with Crippen LogP contribution < -0.4 is 10.1 Å². The van der Waals surface area contributed by atoms with Gasteiger partial charge in [-0.25, -0.2) is 0 Å². The number of thiophene rings is 1. The highest BCUT2D eigenvalue weighted by molar-refractivity contribution is 9.11. The Morgan fingerprint density at radius 1 is 1.15 bits per heavy atom. The molecule has 0 atom stereocenters. The van der Waals surface area contributed by atoms with Gasteiger partial charge in [0.25, 0.3) is 0 Å². The molecule has 0 fully saturated rings. The van der Waals surface area contributed by atoms with Crippen LogP contribution in [-0.4, -0.2) is 13.7 Å². The molecule has 0 aliphatic rings. The molecule has 0 amide bonds. The Morgan fingerprint density at radius 2 is 1.85 bits per heavy atom. The molecule has 0 aliphatic heterocycles. The first-order valence-corrected chi connectivity index (χ1v) is 9.26. The van der Waals surface area contributed by atoms with Crippen LogP contribution in [0.3, 0.4) is 0 Å². The SMILES string of the molecule is COc1c(Br)cc(CNCCc2ccc(Br)s2)cc1Br. The van der Waals surface area contributed by atoms with E-state index in [0.29, 0.717) is 0 Å². The van der Waals surface area contributed by atoms with E-state index in [-0.39, 0.29) is 0 Å². The fourth-order valence-corrected chi connectivity index (χ4v) is 4.93. The number of halogens is 3. The first-order chi connectivity index (χ1) is 9.60. The maximum absolute atomic E-state index is 5.30. The molecule has 1 N–H and O–H groups in total. The van der Waals surface area contributed by atoms with Gasteiger partial charge >= 0.3 is 0 Å². The average molecular weight is 484 g/mol. The van der Waals surface area contributed by atoms with Crippen LogP contribution in [0, 0.1) is 0 Å². The van der Waals surface area contributed by atoms with Gasteiger partial charge in [0.1, 0.15) is 5.75 Å². The minimum atomic E-state index is 0.831. The van der Waals surface area contributed by atoms with Crippen molar-refractivity contribution in [3.63, 3.8) is 0 Å². The Morgan fingerprint density at radius 3 is 2.40 bits per heavy atom. The number of hydrogen-bond acceptors (Lipinski definition) is 3. The zero-order chi connectivity index (χ0) is 14.5. The van der Waals surface area contributed by atoms with E-state index in [0.717, 1.165) is 34.2 Å². The first-order valence-electron chi connectivity index (χ1n) is 6.07. The summed E-state index contributed by atoms with van der Waals surface area (Å²) < 4.78 is 8.42. The summed E-state index contributed by atoms with van der Waals surface area (Å²) in [5.41, 5.74) is 1.22. The van der Waals surface area contributed by atoms with E-state index in [2.05, 4.69) is 77.4 Å². The van der Waals surface area contributed by atoms with Crippen molar-refractivity contribution in [2.45, 2.75) is 13.0 Å². The second-order valence-corrected chi connectivity index (χ2v) is 8.48. The van der Waals surface area contributed by atoms with Crippen molar-refractivity contribution in [3.8, 4) is 5.75 Å². The Hall–Kier alpha value is 0.120. The maximum atomic E-state index is 5.30. The summed E-state index contributed by atoms with van der Waals surface area (Å²) in [6.07, 6.45) is 1.05. The third-order valence-corrected chi connectivity index (χ3v) is 5.63. The van der Waals surface area contributed by atoms with Gasteiger partial charge in [0, 0.05) is 18.0 Å². The quantitative estimate of drug-likeness (QED) is 0.557. The van der Waals surface area contributed by atoms with Crippen molar-refractivity contribution >= 4 is 59.1 Å². The maximum Gasteiger partial charge on any atom is 0.147 e. The largest absolute Gasteiger partial charge is 0.494 e. The zero-order valence-electron chi connectivity index (χ0n) is 10.9. The third kappa shape index (κ3) is 4.56. The van der Waals surface area contributed by atoms with Gasteiger partial charge in [-0.1, -0.05) is 0 Å². The summed E-state index contributed by atoms with van der Waals surface area (Å²) in [7, 11) is 1.67. The lowest BCUT2D eigenvalue weighted by Crippen LogP contribution is -2.16. The molecule has 1 heterocycles. The molecule has 1 aromatic heterocycles. The monoisotopic (exact) mass is 481 g/mol. The van der Waals surface area contributed by atoms with Crippen LogP contribution in [0.1, 0.15) is 10.4 Å². The first kappa shape index (κ1) is 16.5. The van der Waals surface area contributed by atoms with E-state index in [1.165, 1.54) is 14.2 Å². The molecule has 20 heavy (non-hydrogen) atoms. The highest BCUT2D eigenvalue weighted by atomic mass is 79.9. The van der Waals surface area contributed by atoms with Crippen LogP contribution in [0.15, 0.2) is 37.0 Å². The lowest BCUT2D eigenvalue weighted by molar-refractivity contribution is 0.409. The highest BCUT2D eigenvalue weighted by Gasteiger charge is 2.07. The van der Waals surface area contributed by atoms with E-state index in [9.17, 15) is 0 Å². The van der Waals surface area contributed by atoms with Crippen LogP contribution in [0.25, 0.3) is 0 Å². The Labute approximate surface area is 148 Å². The fourth-order valence-electron chi connectivity index (χ4n) is 1.84. The smallest absolute Gasteiger partial charge is 0.147 e. The number of methoxy groups -OCH3 is 1. The normalized spacial score (nSPS) is 10.8. The van der Waals surface area contributed by atoms with Crippen molar-refractivity contribution < 1.29 is 4.74 Å². The predicted octanol–water partition coefficient (Wildman–Crippen LogP) is 5.38. The van der Waals surface area contributed by atoms with Gasteiger partial charge in [0.05, 0.1) is 19.8 Å². The number of nitrogens with one attached hydrogen (secondary N) is 1. The molecule has 2 aromatic rings. The third-order valence-electron chi connectivity index (χ3n) is 2.77. The molecule has 1 aromatic carbocycles. The summed E-state index contributed by atoms with van der Waals surface area (Å²) in [5.74, 6) is 0.831. The van der Waals surface area contributed by atoms with Gasteiger partial charge in [-0.05, 0) is 84.0 Å². The van der Waals surface area contributed by atoms with Crippen LogP contribution in [0.2, 0.25) is 0 Å². The topological polar surface area (TPSA) is 21.3 Å². The minimum Gasteiger partial charge on any atom is -0.494 e. The molecule has 0 saturated heterocycles. The lowest BCUT2D eigenvalue weighted by atomic mass is 10.2. The molecular formula is C14H14Br3NOS. The number of benzene rings is 1. The fraction of sp³-hybridized carbons (Fsp3) is 0.286. The van der Waals surface area contributed by atoms with Gasteiger partial charge in [-0.3, -0.25) is 0 Å². The Bertz CT molecular complexity index is 563. The van der Waals surface area contributed by atoms with E-state index in [1.54, 1.807) is 18.4 Å². The van der Waals surface area contributed by atoms with Gasteiger partial charge in [-0.15, -0.1) is 11.3 Å². The minimum absolute atomic E-state index is 0.831. The number of rotatable bonds is 6. The summed E-state index contributed by atoms with van der Waals surface area (Å²) in [5, 5.41) is 3.46. The van der Waals surface area contributed by atoms with Crippen molar-refractivity contribution in [1.82, 2.24) is 5.32 Å².